The predicted molar refractivity (Wildman–Crippen MR) is 145 cm³/mol. The maximum absolute atomic E-state index is 13.6. The molecule has 1 aliphatic heterocycles. The molecule has 0 aliphatic carbocycles. The summed E-state index contributed by atoms with van der Waals surface area (Å²) < 4.78 is 103. The molecule has 3 aromatic rings. The van der Waals surface area contributed by atoms with Crippen LogP contribution >= 0.6 is 0 Å². The second-order valence-electron chi connectivity index (χ2n) is 9.65. The summed E-state index contributed by atoms with van der Waals surface area (Å²) >= 11 is 0. The Hall–Kier alpha value is -4.92. The molecule has 0 atom stereocenters. The fraction of sp³-hybridized carbons (Fsp3) is 0.296. The number of benzene rings is 1. The molecular formula is C27H22F6N6O5S. The van der Waals surface area contributed by atoms with Crippen molar-refractivity contribution in [3.05, 3.63) is 76.7 Å². The molecule has 0 radical (unpaired) electrons. The Balaban J connectivity index is 1.41. The Morgan fingerprint density at radius 3 is 2.20 bits per heavy atom. The van der Waals surface area contributed by atoms with Gasteiger partial charge in [-0.25, -0.2) is 13.1 Å². The Morgan fingerprint density at radius 2 is 1.60 bits per heavy atom. The molecule has 1 aliphatic rings. The lowest BCUT2D eigenvalue weighted by atomic mass is 10.0. The number of amides is 2. The second kappa shape index (κ2) is 13.0. The van der Waals surface area contributed by atoms with E-state index in [2.05, 4.69) is 27.0 Å². The first-order valence-electron chi connectivity index (χ1n) is 12.9. The smallest absolute Gasteiger partial charge is 0.416 e. The van der Waals surface area contributed by atoms with Crippen LogP contribution in [-0.4, -0.2) is 83.5 Å². The predicted octanol–water partition coefficient (Wildman–Crippen LogP) is 2.97. The van der Waals surface area contributed by atoms with E-state index in [0.29, 0.717) is 0 Å². The van der Waals surface area contributed by atoms with Crippen LogP contribution in [0.15, 0.2) is 48.8 Å². The van der Waals surface area contributed by atoms with Gasteiger partial charge in [-0.3, -0.25) is 14.6 Å². The molecule has 1 fully saturated rings. The quantitative estimate of drug-likeness (QED) is 0.302. The number of halogens is 6. The van der Waals surface area contributed by atoms with Gasteiger partial charge in [0.05, 0.1) is 23.9 Å². The zero-order chi connectivity index (χ0) is 33.0. The van der Waals surface area contributed by atoms with Crippen LogP contribution in [0.3, 0.4) is 0 Å². The van der Waals surface area contributed by atoms with E-state index in [1.807, 2.05) is 0 Å². The lowest BCUT2D eigenvalue weighted by Gasteiger charge is -2.35. The van der Waals surface area contributed by atoms with E-state index in [1.165, 1.54) is 34.0 Å². The molecule has 0 unspecified atom stereocenters. The van der Waals surface area contributed by atoms with E-state index in [1.54, 1.807) is 4.90 Å². The summed E-state index contributed by atoms with van der Waals surface area (Å²) in [6.07, 6.45) is -8.66. The fourth-order valence-electron chi connectivity index (χ4n) is 4.06. The van der Waals surface area contributed by atoms with Crippen LogP contribution in [0.2, 0.25) is 0 Å². The topological polar surface area (TPSA) is 146 Å². The molecule has 3 heterocycles. The third kappa shape index (κ3) is 9.28. The lowest BCUT2D eigenvalue weighted by Crippen LogP contribution is -2.49. The standard InChI is InChI=1S/C27H22F6N6O5S/c28-26(29,30)5-10-45(43,44)37-24(41)22-3-4-23(36-35-22)38-6-8-39(9-7-38)25(42)19-11-17(12-20(14-19)27(31,32)33)1-2-18-13-21(40)16-34-15-18/h3-4,11-16,40H,5-10H2,(H,37,41). The second-order valence-corrected chi connectivity index (χ2v) is 11.5. The van der Waals surface area contributed by atoms with Crippen LogP contribution in [0.5, 0.6) is 5.75 Å². The molecule has 4 rings (SSSR count). The van der Waals surface area contributed by atoms with Crippen molar-refractivity contribution in [3.8, 4) is 17.6 Å². The lowest BCUT2D eigenvalue weighted by molar-refractivity contribution is -0.137. The highest BCUT2D eigenvalue weighted by molar-refractivity contribution is 7.90. The van der Waals surface area contributed by atoms with E-state index in [9.17, 15) is 49.5 Å². The number of carbonyl (C=O) groups is 2. The highest BCUT2D eigenvalue weighted by atomic mass is 32.2. The van der Waals surface area contributed by atoms with Gasteiger partial charge in [-0.15, -0.1) is 10.2 Å². The number of alkyl halides is 6. The summed E-state index contributed by atoms with van der Waals surface area (Å²) in [5.41, 5.74) is -1.61. The Labute approximate surface area is 251 Å². The monoisotopic (exact) mass is 656 g/mol. The molecule has 0 spiro atoms. The fourth-order valence-corrected chi connectivity index (χ4v) is 5.05. The van der Waals surface area contributed by atoms with Gasteiger partial charge in [0.15, 0.2) is 11.5 Å². The molecule has 1 aromatic carbocycles. The maximum atomic E-state index is 13.6. The average molecular weight is 657 g/mol. The molecule has 0 bridgehead atoms. The number of piperazine rings is 1. The normalized spacial score (nSPS) is 14.0. The molecule has 18 heteroatoms. The number of hydrogen-bond acceptors (Lipinski definition) is 9. The number of nitrogens with zero attached hydrogens (tertiary/aromatic N) is 5. The number of aromatic nitrogens is 3. The molecule has 0 saturated carbocycles. The van der Waals surface area contributed by atoms with E-state index in [4.69, 9.17) is 0 Å². The van der Waals surface area contributed by atoms with Gasteiger partial charge in [-0.05, 0) is 36.4 Å². The van der Waals surface area contributed by atoms with Crippen molar-refractivity contribution in [1.82, 2.24) is 24.8 Å². The summed E-state index contributed by atoms with van der Waals surface area (Å²) in [6.45, 7) is 0.501. The van der Waals surface area contributed by atoms with Gasteiger partial charge in [0, 0.05) is 49.1 Å². The maximum Gasteiger partial charge on any atom is 0.416 e. The third-order valence-corrected chi connectivity index (χ3v) is 7.50. The van der Waals surface area contributed by atoms with Crippen molar-refractivity contribution in [2.45, 2.75) is 18.8 Å². The number of nitrogens with one attached hydrogen (secondary N) is 1. The van der Waals surface area contributed by atoms with E-state index in [-0.39, 0.29) is 54.4 Å². The van der Waals surface area contributed by atoms with Crippen molar-refractivity contribution in [3.63, 3.8) is 0 Å². The molecule has 2 aromatic heterocycles. The molecule has 2 amide bonds. The molecule has 238 valence electrons. The van der Waals surface area contributed by atoms with Gasteiger partial charge in [0.1, 0.15) is 5.75 Å². The highest BCUT2D eigenvalue weighted by Crippen LogP contribution is 2.31. The molecule has 11 nitrogen and oxygen atoms in total. The van der Waals surface area contributed by atoms with Crippen molar-refractivity contribution in [2.75, 3.05) is 36.8 Å². The van der Waals surface area contributed by atoms with Crippen molar-refractivity contribution in [2.24, 2.45) is 0 Å². The number of sulfonamides is 1. The first-order chi connectivity index (χ1) is 21.0. The van der Waals surface area contributed by atoms with Crippen LogP contribution in [0, 0.1) is 11.8 Å². The van der Waals surface area contributed by atoms with Crippen LogP contribution in [-0.2, 0) is 16.2 Å². The van der Waals surface area contributed by atoms with Crippen LogP contribution in [0.4, 0.5) is 32.2 Å². The molecule has 45 heavy (non-hydrogen) atoms. The minimum absolute atomic E-state index is 0.0758. The molecular weight excluding hydrogens is 634 g/mol. The van der Waals surface area contributed by atoms with Crippen molar-refractivity contribution < 1.29 is 49.5 Å². The van der Waals surface area contributed by atoms with Crippen LogP contribution < -0.4 is 9.62 Å². The zero-order valence-corrected chi connectivity index (χ0v) is 23.7. The van der Waals surface area contributed by atoms with Crippen LogP contribution in [0.1, 0.15) is 44.0 Å². The van der Waals surface area contributed by atoms with Gasteiger partial charge in [-0.1, -0.05) is 11.8 Å². The summed E-state index contributed by atoms with van der Waals surface area (Å²) in [6, 6.07) is 6.48. The number of carbonyl (C=O) groups excluding carboxylic acids is 2. The first kappa shape index (κ1) is 33.0. The molecule has 2 N–H and O–H groups in total. The number of aromatic hydroxyl groups is 1. The average Bonchev–Trinajstić information content (AvgIpc) is 2.98. The largest absolute Gasteiger partial charge is 0.506 e. The van der Waals surface area contributed by atoms with E-state index < -0.39 is 57.6 Å². The Bertz CT molecular complexity index is 1750. The summed E-state index contributed by atoms with van der Waals surface area (Å²) in [4.78, 5) is 32.1. The van der Waals surface area contributed by atoms with Gasteiger partial charge in [0.2, 0.25) is 10.0 Å². The van der Waals surface area contributed by atoms with Crippen molar-refractivity contribution >= 4 is 27.7 Å². The van der Waals surface area contributed by atoms with Gasteiger partial charge in [0.25, 0.3) is 11.8 Å². The summed E-state index contributed by atoms with van der Waals surface area (Å²) in [7, 11) is -4.58. The number of pyridine rings is 1. The van der Waals surface area contributed by atoms with Gasteiger partial charge < -0.3 is 14.9 Å². The number of hydrogen-bond donors (Lipinski definition) is 2. The first-order valence-corrected chi connectivity index (χ1v) is 14.5. The van der Waals surface area contributed by atoms with Gasteiger partial charge >= 0.3 is 12.4 Å². The van der Waals surface area contributed by atoms with E-state index in [0.717, 1.165) is 24.4 Å². The third-order valence-electron chi connectivity index (χ3n) is 6.26. The zero-order valence-electron chi connectivity index (χ0n) is 22.9. The summed E-state index contributed by atoms with van der Waals surface area (Å²) in [5.74, 6) is 1.93. The van der Waals surface area contributed by atoms with E-state index >= 15 is 0 Å². The minimum atomic E-state index is -4.76. The number of rotatable bonds is 6. The van der Waals surface area contributed by atoms with Gasteiger partial charge in [-0.2, -0.15) is 26.3 Å². The van der Waals surface area contributed by atoms with Crippen molar-refractivity contribution in [1.29, 1.82) is 0 Å². The Morgan fingerprint density at radius 1 is 0.911 bits per heavy atom. The highest BCUT2D eigenvalue weighted by Gasteiger charge is 2.33. The molecule has 1 saturated heterocycles. The SMILES string of the molecule is O=C(NS(=O)(=O)CCC(F)(F)F)c1ccc(N2CCN(C(=O)c3cc(C#Cc4cncc(O)c4)cc(C(F)(F)F)c3)CC2)nn1. The Kier molecular flexibility index (Phi) is 9.51. The number of anilines is 1. The summed E-state index contributed by atoms with van der Waals surface area (Å²) in [5, 5.41) is 17.0. The van der Waals surface area contributed by atoms with Crippen LogP contribution in [0.25, 0.3) is 0 Å². The minimum Gasteiger partial charge on any atom is -0.506 e.